The summed E-state index contributed by atoms with van der Waals surface area (Å²) in [4.78, 5) is 24.8. The lowest BCUT2D eigenvalue weighted by Crippen LogP contribution is -2.67. The van der Waals surface area contributed by atoms with E-state index in [0.29, 0.717) is 0 Å². The Balaban J connectivity index is 2.05. The minimum absolute atomic E-state index is 0.0609. The van der Waals surface area contributed by atoms with Gasteiger partial charge >= 0.3 is 12.1 Å². The maximum atomic E-state index is 13.3. The molecule has 2 N–H and O–H groups in total. The van der Waals surface area contributed by atoms with Crippen LogP contribution in [0.2, 0.25) is 0 Å². The molecule has 1 amide bonds. The number of rotatable bonds is 2. The Kier molecular flexibility index (Phi) is 4.12. The number of hydrogen-bond acceptors (Lipinski definition) is 4. The van der Waals surface area contributed by atoms with Crippen molar-refractivity contribution in [2.75, 3.05) is 13.1 Å². The van der Waals surface area contributed by atoms with E-state index in [1.54, 1.807) is 20.8 Å². The van der Waals surface area contributed by atoms with Gasteiger partial charge in [-0.1, -0.05) is 0 Å². The lowest BCUT2D eigenvalue weighted by atomic mass is 9.54. The number of hydrogen-bond donors (Lipinski definition) is 2. The zero-order valence-electron chi connectivity index (χ0n) is 13.6. The second-order valence-corrected chi connectivity index (χ2v) is 7.60. The molecule has 132 valence electrons. The topological polar surface area (TPSA) is 87.1 Å². The Bertz CT molecular complexity index is 498. The summed E-state index contributed by atoms with van der Waals surface area (Å²) < 4.78 is 31.7. The van der Waals surface area contributed by atoms with Gasteiger partial charge in [0.2, 0.25) is 0 Å². The lowest BCUT2D eigenvalue weighted by molar-refractivity contribution is -0.251. The highest BCUT2D eigenvalue weighted by molar-refractivity contribution is 5.78. The van der Waals surface area contributed by atoms with E-state index < -0.39 is 47.4 Å². The molecular weight excluding hydrogens is 312 g/mol. The highest BCUT2D eigenvalue weighted by Gasteiger charge is 2.70. The normalized spacial score (nSPS) is 25.4. The van der Waals surface area contributed by atoms with Crippen molar-refractivity contribution < 1.29 is 33.3 Å². The second kappa shape index (κ2) is 5.29. The molecule has 1 aliphatic carbocycles. The zero-order chi connectivity index (χ0) is 17.7. The molecule has 0 aromatic carbocycles. The number of nitrogens with zero attached hydrogens (tertiary/aromatic N) is 1. The molecule has 1 saturated carbocycles. The number of aliphatic hydroxyl groups is 1. The van der Waals surface area contributed by atoms with Crippen LogP contribution < -0.4 is 0 Å². The molecule has 23 heavy (non-hydrogen) atoms. The van der Waals surface area contributed by atoms with Crippen molar-refractivity contribution >= 4 is 12.1 Å². The van der Waals surface area contributed by atoms with Crippen LogP contribution >= 0.6 is 0 Å². The van der Waals surface area contributed by atoms with Crippen LogP contribution in [0, 0.1) is 5.41 Å². The summed E-state index contributed by atoms with van der Waals surface area (Å²) in [6.45, 7) is 5.32. The Labute approximate surface area is 133 Å². The van der Waals surface area contributed by atoms with Crippen LogP contribution in [0.1, 0.15) is 46.5 Å². The second-order valence-electron chi connectivity index (χ2n) is 7.60. The summed E-state index contributed by atoms with van der Waals surface area (Å²) in [5.41, 5.74) is -4.24. The molecule has 1 aliphatic heterocycles. The van der Waals surface area contributed by atoms with Gasteiger partial charge in [0.05, 0.1) is 5.60 Å². The minimum atomic E-state index is -3.06. The van der Waals surface area contributed by atoms with Gasteiger partial charge in [0, 0.05) is 25.9 Å². The Hall–Kier alpha value is -1.44. The van der Waals surface area contributed by atoms with Gasteiger partial charge in [0.25, 0.3) is 5.92 Å². The number of carboxylic acids is 1. The number of carbonyl (C=O) groups is 2. The third kappa shape index (κ3) is 3.27. The van der Waals surface area contributed by atoms with E-state index in [2.05, 4.69) is 0 Å². The number of alkyl halides is 2. The summed E-state index contributed by atoms with van der Waals surface area (Å²) >= 11 is 0. The van der Waals surface area contributed by atoms with E-state index >= 15 is 0 Å². The first-order valence-electron chi connectivity index (χ1n) is 7.62. The fourth-order valence-corrected chi connectivity index (χ4v) is 3.37. The van der Waals surface area contributed by atoms with Crippen molar-refractivity contribution in [1.82, 2.24) is 4.90 Å². The smallest absolute Gasteiger partial charge is 0.410 e. The van der Waals surface area contributed by atoms with Crippen LogP contribution in [0.4, 0.5) is 13.6 Å². The van der Waals surface area contributed by atoms with E-state index in [1.807, 2.05) is 0 Å². The molecule has 2 rings (SSSR count). The molecule has 0 atom stereocenters. The number of aliphatic carboxylic acids is 1. The van der Waals surface area contributed by atoms with E-state index in [0.717, 1.165) is 0 Å². The largest absolute Gasteiger partial charge is 0.481 e. The van der Waals surface area contributed by atoms with Gasteiger partial charge in [0.15, 0.2) is 0 Å². The Morgan fingerprint density at radius 3 is 1.96 bits per heavy atom. The lowest BCUT2D eigenvalue weighted by Gasteiger charge is -2.55. The summed E-state index contributed by atoms with van der Waals surface area (Å²) in [5, 5.41) is 20.0. The summed E-state index contributed by atoms with van der Waals surface area (Å²) in [6.07, 6.45) is -2.40. The average molecular weight is 335 g/mol. The Morgan fingerprint density at radius 2 is 1.61 bits per heavy atom. The molecule has 2 fully saturated rings. The van der Waals surface area contributed by atoms with Crippen LogP contribution in [-0.2, 0) is 9.53 Å². The van der Waals surface area contributed by atoms with Crippen LogP contribution in [-0.4, -0.2) is 57.4 Å². The highest BCUT2D eigenvalue weighted by Crippen LogP contribution is 2.60. The van der Waals surface area contributed by atoms with Gasteiger partial charge in [0.1, 0.15) is 11.0 Å². The first kappa shape index (κ1) is 17.9. The number of amides is 1. The first-order valence-corrected chi connectivity index (χ1v) is 7.62. The van der Waals surface area contributed by atoms with Crippen molar-refractivity contribution in [2.45, 2.75) is 63.6 Å². The van der Waals surface area contributed by atoms with Crippen LogP contribution in [0.5, 0.6) is 0 Å². The molecule has 1 saturated heterocycles. The number of piperidine rings is 1. The first-order chi connectivity index (χ1) is 10.3. The van der Waals surface area contributed by atoms with Crippen molar-refractivity contribution in [3.8, 4) is 0 Å². The molecular formula is C15H23F2NO5. The minimum Gasteiger partial charge on any atom is -0.481 e. The molecule has 0 radical (unpaired) electrons. The van der Waals surface area contributed by atoms with Crippen LogP contribution in [0.3, 0.4) is 0 Å². The van der Waals surface area contributed by atoms with Crippen LogP contribution in [0.15, 0.2) is 0 Å². The molecule has 0 spiro atoms. The summed E-state index contributed by atoms with van der Waals surface area (Å²) in [6, 6.07) is 0. The number of likely N-dealkylation sites (tertiary alicyclic amines) is 1. The van der Waals surface area contributed by atoms with E-state index in [-0.39, 0.29) is 25.9 Å². The van der Waals surface area contributed by atoms with Crippen molar-refractivity contribution in [3.05, 3.63) is 0 Å². The fraction of sp³-hybridized carbons (Fsp3) is 0.867. The maximum Gasteiger partial charge on any atom is 0.410 e. The highest BCUT2D eigenvalue weighted by atomic mass is 19.3. The molecule has 0 bridgehead atoms. The third-order valence-electron chi connectivity index (χ3n) is 4.66. The van der Waals surface area contributed by atoms with Gasteiger partial charge in [-0.15, -0.1) is 0 Å². The van der Waals surface area contributed by atoms with Gasteiger partial charge in [-0.2, -0.15) is 0 Å². The molecule has 0 aromatic rings. The molecule has 0 unspecified atom stereocenters. The van der Waals surface area contributed by atoms with Gasteiger partial charge in [-0.25, -0.2) is 13.6 Å². The molecule has 2 aliphatic rings. The number of carboxylic acid groups (broad SMARTS) is 1. The quantitative estimate of drug-likeness (QED) is 0.808. The van der Waals surface area contributed by atoms with E-state index in [4.69, 9.17) is 4.74 Å². The molecule has 1 heterocycles. The summed E-state index contributed by atoms with van der Waals surface area (Å²) in [5.74, 6) is -4.46. The predicted molar refractivity (Wildman–Crippen MR) is 76.2 cm³/mol. The fourth-order valence-electron chi connectivity index (χ4n) is 3.37. The van der Waals surface area contributed by atoms with Gasteiger partial charge < -0.3 is 19.8 Å². The Morgan fingerprint density at radius 1 is 1.13 bits per heavy atom. The van der Waals surface area contributed by atoms with Crippen molar-refractivity contribution in [3.63, 3.8) is 0 Å². The third-order valence-corrected chi connectivity index (χ3v) is 4.66. The standard InChI is InChI=1S/C15H23F2NO5/c1-12(2,3)23-11(21)18-6-4-14(22,5-7-18)13(10(19)20)8-15(16,17)9-13/h22H,4-9H2,1-3H3,(H,19,20). The van der Waals surface area contributed by atoms with Gasteiger partial charge in [-0.05, 0) is 33.6 Å². The predicted octanol–water partition coefficient (Wildman–Crippen LogP) is 2.25. The number of carbonyl (C=O) groups excluding carboxylic acids is 1. The number of ether oxygens (including phenoxy) is 1. The molecule has 8 heteroatoms. The zero-order valence-corrected chi connectivity index (χ0v) is 13.6. The van der Waals surface area contributed by atoms with E-state index in [1.165, 1.54) is 4.90 Å². The average Bonchev–Trinajstić information content (AvgIpc) is 2.33. The van der Waals surface area contributed by atoms with Crippen molar-refractivity contribution in [1.29, 1.82) is 0 Å². The molecule has 6 nitrogen and oxygen atoms in total. The van der Waals surface area contributed by atoms with E-state index in [9.17, 15) is 28.6 Å². The van der Waals surface area contributed by atoms with Crippen molar-refractivity contribution in [2.24, 2.45) is 5.41 Å². The van der Waals surface area contributed by atoms with Crippen LogP contribution in [0.25, 0.3) is 0 Å². The maximum absolute atomic E-state index is 13.3. The van der Waals surface area contributed by atoms with Gasteiger partial charge in [-0.3, -0.25) is 4.79 Å². The monoisotopic (exact) mass is 335 g/mol. The molecule has 0 aromatic heterocycles. The SMILES string of the molecule is CC(C)(C)OC(=O)N1CCC(O)(C2(C(=O)O)CC(F)(F)C2)CC1. The number of halogens is 2. The summed E-state index contributed by atoms with van der Waals surface area (Å²) in [7, 11) is 0.